The molecule has 0 aliphatic heterocycles. The second kappa shape index (κ2) is 5.53. The van der Waals surface area contributed by atoms with Crippen LogP contribution in [0.2, 0.25) is 0 Å². The van der Waals surface area contributed by atoms with Crippen LogP contribution in [0.25, 0.3) is 11.1 Å². The lowest BCUT2D eigenvalue weighted by atomic mass is 9.99. The van der Waals surface area contributed by atoms with Crippen molar-refractivity contribution < 1.29 is 13.2 Å². The molecule has 110 valence electrons. The molecule has 2 aromatic rings. The number of nitrogens with one attached hydrogen (secondary N) is 1. The molecule has 4 heteroatoms. The number of benzene rings is 2. The van der Waals surface area contributed by atoms with Crippen LogP contribution in [0.15, 0.2) is 30.3 Å². The van der Waals surface area contributed by atoms with E-state index >= 15 is 0 Å². The third-order valence-electron chi connectivity index (χ3n) is 4.02. The zero-order valence-electron chi connectivity index (χ0n) is 11.7. The summed E-state index contributed by atoms with van der Waals surface area (Å²) < 4.78 is 40.2. The minimum absolute atomic E-state index is 0.101. The van der Waals surface area contributed by atoms with Gasteiger partial charge in [-0.25, -0.2) is 13.2 Å². The van der Waals surface area contributed by atoms with Crippen molar-refractivity contribution in [3.63, 3.8) is 0 Å². The first-order valence-electron chi connectivity index (χ1n) is 7.12. The van der Waals surface area contributed by atoms with Crippen molar-refractivity contribution in [1.82, 2.24) is 5.32 Å². The zero-order chi connectivity index (χ0) is 15.0. The van der Waals surface area contributed by atoms with Gasteiger partial charge in [-0.05, 0) is 48.2 Å². The predicted octanol–water partition coefficient (Wildman–Crippen LogP) is 4.37. The molecule has 0 aromatic heterocycles. The summed E-state index contributed by atoms with van der Waals surface area (Å²) in [5.74, 6) is -3.71. The molecule has 1 aliphatic carbocycles. The number of hydrogen-bond acceptors (Lipinski definition) is 1. The van der Waals surface area contributed by atoms with E-state index < -0.39 is 17.5 Å². The Balaban J connectivity index is 2.01. The van der Waals surface area contributed by atoms with E-state index in [2.05, 4.69) is 12.2 Å². The molecule has 0 radical (unpaired) electrons. The highest BCUT2D eigenvalue weighted by atomic mass is 19.2. The maximum atomic E-state index is 13.9. The van der Waals surface area contributed by atoms with E-state index in [1.807, 2.05) is 12.1 Å². The molecule has 0 fully saturated rings. The molecular weight excluding hydrogens is 275 g/mol. The number of halogens is 3. The van der Waals surface area contributed by atoms with E-state index in [0.717, 1.165) is 31.0 Å². The molecule has 0 saturated heterocycles. The van der Waals surface area contributed by atoms with Crippen LogP contribution in [-0.2, 0) is 6.42 Å². The highest BCUT2D eigenvalue weighted by Gasteiger charge is 2.23. The van der Waals surface area contributed by atoms with Crippen LogP contribution in [0, 0.1) is 17.5 Å². The molecule has 0 heterocycles. The van der Waals surface area contributed by atoms with Crippen LogP contribution < -0.4 is 5.32 Å². The Bertz CT molecular complexity index is 682. The van der Waals surface area contributed by atoms with E-state index in [1.165, 1.54) is 11.6 Å². The van der Waals surface area contributed by atoms with E-state index in [9.17, 15) is 13.2 Å². The Hall–Kier alpha value is -1.81. The normalized spacial score (nSPS) is 17.0. The van der Waals surface area contributed by atoms with Crippen molar-refractivity contribution in [3.8, 4) is 11.1 Å². The molecule has 0 spiro atoms. The molecule has 1 nitrogen and oxygen atoms in total. The van der Waals surface area contributed by atoms with E-state index in [1.54, 1.807) is 6.07 Å². The lowest BCUT2D eigenvalue weighted by Gasteiger charge is -2.13. The summed E-state index contributed by atoms with van der Waals surface area (Å²) in [6.07, 6.45) is 1.92. The number of hydrogen-bond donors (Lipinski definition) is 1. The first kappa shape index (κ1) is 14.1. The van der Waals surface area contributed by atoms with Gasteiger partial charge in [0.15, 0.2) is 17.5 Å². The second-order valence-electron chi connectivity index (χ2n) is 5.29. The Morgan fingerprint density at radius 2 is 1.90 bits per heavy atom. The average molecular weight is 291 g/mol. The maximum Gasteiger partial charge on any atom is 0.195 e. The van der Waals surface area contributed by atoms with Gasteiger partial charge >= 0.3 is 0 Å². The summed E-state index contributed by atoms with van der Waals surface area (Å²) in [4.78, 5) is 0. The molecule has 2 aromatic carbocycles. The highest BCUT2D eigenvalue weighted by Crippen LogP contribution is 2.35. The van der Waals surface area contributed by atoms with Crippen molar-refractivity contribution in [2.45, 2.75) is 25.8 Å². The minimum atomic E-state index is -1.42. The first-order chi connectivity index (χ1) is 10.1. The molecule has 0 amide bonds. The summed E-state index contributed by atoms with van der Waals surface area (Å²) in [5, 5.41) is 3.40. The van der Waals surface area contributed by atoms with Crippen molar-refractivity contribution in [2.24, 2.45) is 0 Å². The third-order valence-corrected chi connectivity index (χ3v) is 4.02. The van der Waals surface area contributed by atoms with Gasteiger partial charge in [0, 0.05) is 11.6 Å². The monoisotopic (exact) mass is 291 g/mol. The van der Waals surface area contributed by atoms with E-state index in [0.29, 0.717) is 11.6 Å². The quantitative estimate of drug-likeness (QED) is 0.828. The molecule has 3 rings (SSSR count). The summed E-state index contributed by atoms with van der Waals surface area (Å²) in [6.45, 7) is 2.95. The van der Waals surface area contributed by atoms with Gasteiger partial charge in [-0.2, -0.15) is 0 Å². The number of fused-ring (bicyclic) bond motifs is 1. The number of aryl methyl sites for hydroxylation is 1. The van der Waals surface area contributed by atoms with Crippen molar-refractivity contribution in [1.29, 1.82) is 0 Å². The molecule has 1 unspecified atom stereocenters. The van der Waals surface area contributed by atoms with Gasteiger partial charge in [-0.15, -0.1) is 0 Å². The van der Waals surface area contributed by atoms with Crippen molar-refractivity contribution in [3.05, 3.63) is 58.9 Å². The summed E-state index contributed by atoms with van der Waals surface area (Å²) in [6, 6.07) is 8.17. The van der Waals surface area contributed by atoms with E-state index in [4.69, 9.17) is 0 Å². The summed E-state index contributed by atoms with van der Waals surface area (Å²) in [5.41, 5.74) is 3.04. The molecular formula is C17H16F3N. The van der Waals surface area contributed by atoms with Crippen LogP contribution in [0.4, 0.5) is 13.2 Å². The van der Waals surface area contributed by atoms with Crippen molar-refractivity contribution in [2.75, 3.05) is 6.54 Å². The molecule has 0 bridgehead atoms. The van der Waals surface area contributed by atoms with Gasteiger partial charge in [-0.1, -0.05) is 25.1 Å². The maximum absolute atomic E-state index is 13.9. The van der Waals surface area contributed by atoms with Crippen LogP contribution in [-0.4, -0.2) is 6.54 Å². The predicted molar refractivity (Wildman–Crippen MR) is 76.5 cm³/mol. The summed E-state index contributed by atoms with van der Waals surface area (Å²) >= 11 is 0. The minimum Gasteiger partial charge on any atom is -0.310 e. The van der Waals surface area contributed by atoms with Gasteiger partial charge < -0.3 is 5.32 Å². The topological polar surface area (TPSA) is 12.0 Å². The smallest absolute Gasteiger partial charge is 0.195 e. The SMILES string of the molecule is CCNC1CCc2cc(-c3ccc(F)c(F)c3F)ccc21. The van der Waals surface area contributed by atoms with Crippen LogP contribution >= 0.6 is 0 Å². The van der Waals surface area contributed by atoms with E-state index in [-0.39, 0.29) is 5.56 Å². The first-order valence-corrected chi connectivity index (χ1v) is 7.12. The van der Waals surface area contributed by atoms with Gasteiger partial charge in [0.1, 0.15) is 0 Å². The lowest BCUT2D eigenvalue weighted by molar-refractivity contribution is 0.449. The van der Waals surface area contributed by atoms with Crippen molar-refractivity contribution >= 4 is 0 Å². The third kappa shape index (κ3) is 2.44. The highest BCUT2D eigenvalue weighted by molar-refractivity contribution is 5.66. The van der Waals surface area contributed by atoms with Crippen LogP contribution in [0.5, 0.6) is 0 Å². The second-order valence-corrected chi connectivity index (χ2v) is 5.29. The Kier molecular flexibility index (Phi) is 3.72. The molecule has 1 aliphatic rings. The zero-order valence-corrected chi connectivity index (χ0v) is 11.7. The Morgan fingerprint density at radius 1 is 1.10 bits per heavy atom. The number of rotatable bonds is 3. The average Bonchev–Trinajstić information content (AvgIpc) is 2.88. The molecule has 21 heavy (non-hydrogen) atoms. The molecule has 1 atom stereocenters. The Labute approximate surface area is 121 Å². The van der Waals surface area contributed by atoms with Gasteiger partial charge in [0.05, 0.1) is 0 Å². The molecule has 1 N–H and O–H groups in total. The van der Waals surface area contributed by atoms with Crippen LogP contribution in [0.1, 0.15) is 30.5 Å². The largest absolute Gasteiger partial charge is 0.310 e. The Morgan fingerprint density at radius 3 is 2.67 bits per heavy atom. The fraction of sp³-hybridized carbons (Fsp3) is 0.294. The lowest BCUT2D eigenvalue weighted by Crippen LogP contribution is -2.18. The summed E-state index contributed by atoms with van der Waals surface area (Å²) in [7, 11) is 0. The van der Waals surface area contributed by atoms with Gasteiger partial charge in [0.25, 0.3) is 0 Å². The molecule has 0 saturated carbocycles. The fourth-order valence-electron chi connectivity index (χ4n) is 2.99. The van der Waals surface area contributed by atoms with Gasteiger partial charge in [0.2, 0.25) is 0 Å². The van der Waals surface area contributed by atoms with Crippen LogP contribution in [0.3, 0.4) is 0 Å². The standard InChI is InChI=1S/C17H16F3N/c1-2-21-15-8-4-10-9-11(3-5-12(10)15)13-6-7-14(18)17(20)16(13)19/h3,5-7,9,15,21H,2,4,8H2,1H3. The van der Waals surface area contributed by atoms with Gasteiger partial charge in [-0.3, -0.25) is 0 Å². The fourth-order valence-corrected chi connectivity index (χ4v) is 2.99.